The normalized spacial score (nSPS) is 18.2. The van der Waals surface area contributed by atoms with Gasteiger partial charge in [0.25, 0.3) is 10.0 Å². The number of hydrogen-bond acceptors (Lipinski definition) is 5. The number of thiophene rings is 1. The number of ether oxygens (including phenoxy) is 2. The zero-order valence-corrected chi connectivity index (χ0v) is 16.5. The number of sulfonamides is 1. The van der Waals surface area contributed by atoms with Crippen LogP contribution in [0.25, 0.3) is 0 Å². The van der Waals surface area contributed by atoms with Crippen molar-refractivity contribution in [1.29, 1.82) is 0 Å². The molecule has 1 aromatic carbocycles. The summed E-state index contributed by atoms with van der Waals surface area (Å²) < 4.78 is 39.1. The molecule has 2 aromatic rings. The van der Waals surface area contributed by atoms with Crippen LogP contribution in [0.5, 0.6) is 11.5 Å². The number of rotatable bonds is 5. The molecule has 0 N–H and O–H groups in total. The minimum Gasteiger partial charge on any atom is -0.493 e. The van der Waals surface area contributed by atoms with Gasteiger partial charge in [0, 0.05) is 6.54 Å². The van der Waals surface area contributed by atoms with Crippen LogP contribution in [0.3, 0.4) is 0 Å². The number of benzene rings is 1. The summed E-state index contributed by atoms with van der Waals surface area (Å²) in [6.45, 7) is 4.56. The van der Waals surface area contributed by atoms with Crippen molar-refractivity contribution < 1.29 is 17.9 Å². The molecule has 0 aliphatic carbocycles. The molecule has 0 spiro atoms. The number of nitrogens with zero attached hydrogens (tertiary/aromatic N) is 1. The average molecular weight is 382 g/mol. The van der Waals surface area contributed by atoms with E-state index in [4.69, 9.17) is 9.47 Å². The minimum absolute atomic E-state index is 0.131. The second-order valence-corrected chi connectivity index (χ2v) is 9.46. The van der Waals surface area contributed by atoms with Crippen molar-refractivity contribution in [2.45, 2.75) is 30.5 Å². The summed E-state index contributed by atoms with van der Waals surface area (Å²) in [5.74, 6) is 1.44. The van der Waals surface area contributed by atoms with Crippen LogP contribution in [0.4, 0.5) is 0 Å². The third kappa shape index (κ3) is 3.16. The second kappa shape index (κ2) is 6.97. The highest BCUT2D eigenvalue weighted by atomic mass is 32.2. The molecule has 7 heteroatoms. The molecule has 0 saturated carbocycles. The largest absolute Gasteiger partial charge is 0.493 e. The zero-order chi connectivity index (χ0) is 18.2. The molecule has 1 aromatic heterocycles. The van der Waals surface area contributed by atoms with E-state index in [0.717, 1.165) is 11.1 Å². The van der Waals surface area contributed by atoms with Gasteiger partial charge in [0.1, 0.15) is 4.21 Å². The maximum atomic E-state index is 13.1. The molecule has 0 amide bonds. The van der Waals surface area contributed by atoms with Crippen molar-refractivity contribution in [3.8, 4) is 11.5 Å². The number of hydrogen-bond donors (Lipinski definition) is 0. The summed E-state index contributed by atoms with van der Waals surface area (Å²) >= 11 is 1.26. The van der Waals surface area contributed by atoms with Gasteiger partial charge in [-0.05, 0) is 47.0 Å². The monoisotopic (exact) mass is 381 g/mol. The third-order valence-corrected chi connectivity index (χ3v) is 7.82. The lowest BCUT2D eigenvalue weighted by Gasteiger charge is -2.38. The van der Waals surface area contributed by atoms with Crippen LogP contribution in [-0.4, -0.2) is 33.5 Å². The lowest BCUT2D eigenvalue weighted by molar-refractivity contribution is 0.246. The zero-order valence-electron chi connectivity index (χ0n) is 14.9. The quantitative estimate of drug-likeness (QED) is 0.792. The summed E-state index contributed by atoms with van der Waals surface area (Å²) in [6, 6.07) is 7.11. The molecule has 2 heterocycles. The molecule has 0 radical (unpaired) electrons. The van der Waals surface area contributed by atoms with Crippen LogP contribution >= 0.6 is 11.3 Å². The average Bonchev–Trinajstić information content (AvgIpc) is 3.14. The SMILES string of the molecule is COc1cc2c(cc1OC)C(C(C)C)N(S(=O)(=O)c1cccs1)CC2. The summed E-state index contributed by atoms with van der Waals surface area (Å²) in [6.07, 6.45) is 0.656. The Bertz CT molecular complexity index is 844. The highest BCUT2D eigenvalue weighted by molar-refractivity contribution is 7.91. The maximum absolute atomic E-state index is 13.1. The molecule has 136 valence electrons. The molecule has 0 bridgehead atoms. The summed E-state index contributed by atoms with van der Waals surface area (Å²) in [5, 5.41) is 1.79. The second-order valence-electron chi connectivity index (χ2n) is 6.39. The molecular weight excluding hydrogens is 358 g/mol. The standard InChI is InChI=1S/C18H23NO4S2/c1-12(2)18-14-11-16(23-4)15(22-3)10-13(14)7-8-19(18)25(20,21)17-6-5-9-24-17/h5-6,9-12,18H,7-8H2,1-4H3. The predicted molar refractivity (Wildman–Crippen MR) is 99.0 cm³/mol. The van der Waals surface area contributed by atoms with Gasteiger partial charge in [-0.2, -0.15) is 4.31 Å². The molecule has 1 aliphatic rings. The van der Waals surface area contributed by atoms with Gasteiger partial charge >= 0.3 is 0 Å². The Kier molecular flexibility index (Phi) is 5.09. The molecule has 3 rings (SSSR count). The van der Waals surface area contributed by atoms with Gasteiger partial charge in [0.2, 0.25) is 0 Å². The van der Waals surface area contributed by atoms with Crippen LogP contribution in [-0.2, 0) is 16.4 Å². The Labute approximate surface area is 153 Å². The topological polar surface area (TPSA) is 55.8 Å². The van der Waals surface area contributed by atoms with Gasteiger partial charge in [-0.1, -0.05) is 19.9 Å². The highest BCUT2D eigenvalue weighted by Gasteiger charge is 2.39. The molecule has 1 aliphatic heterocycles. The maximum Gasteiger partial charge on any atom is 0.253 e. The van der Waals surface area contributed by atoms with Crippen molar-refractivity contribution >= 4 is 21.4 Å². The van der Waals surface area contributed by atoms with E-state index in [9.17, 15) is 8.42 Å². The van der Waals surface area contributed by atoms with E-state index in [1.165, 1.54) is 11.3 Å². The van der Waals surface area contributed by atoms with E-state index in [-0.39, 0.29) is 12.0 Å². The number of methoxy groups -OCH3 is 2. The van der Waals surface area contributed by atoms with E-state index in [2.05, 4.69) is 0 Å². The Morgan fingerprint density at radius 2 is 1.88 bits per heavy atom. The summed E-state index contributed by atoms with van der Waals surface area (Å²) in [5.41, 5.74) is 2.12. The molecular formula is C18H23NO4S2. The van der Waals surface area contributed by atoms with Gasteiger partial charge in [-0.25, -0.2) is 8.42 Å². The Morgan fingerprint density at radius 1 is 1.20 bits per heavy atom. The van der Waals surface area contributed by atoms with Crippen molar-refractivity contribution in [3.05, 3.63) is 40.8 Å². The van der Waals surface area contributed by atoms with Crippen LogP contribution in [0.2, 0.25) is 0 Å². The van der Waals surface area contributed by atoms with Crippen molar-refractivity contribution in [1.82, 2.24) is 4.31 Å². The molecule has 25 heavy (non-hydrogen) atoms. The number of fused-ring (bicyclic) bond motifs is 1. The lowest BCUT2D eigenvalue weighted by Crippen LogP contribution is -2.42. The van der Waals surface area contributed by atoms with E-state index >= 15 is 0 Å². The smallest absolute Gasteiger partial charge is 0.253 e. The first-order chi connectivity index (χ1) is 11.9. The fourth-order valence-electron chi connectivity index (χ4n) is 3.44. The first kappa shape index (κ1) is 18.2. The third-order valence-electron chi connectivity index (χ3n) is 4.57. The van der Waals surface area contributed by atoms with E-state index in [1.807, 2.05) is 26.0 Å². The van der Waals surface area contributed by atoms with Crippen LogP contribution in [0, 0.1) is 5.92 Å². The first-order valence-corrected chi connectivity index (χ1v) is 10.5. The van der Waals surface area contributed by atoms with Crippen molar-refractivity contribution in [2.24, 2.45) is 5.92 Å². The van der Waals surface area contributed by atoms with E-state index in [0.29, 0.717) is 28.7 Å². The molecule has 0 saturated heterocycles. The Morgan fingerprint density at radius 3 is 2.44 bits per heavy atom. The fourth-order valence-corrected chi connectivity index (χ4v) is 6.30. The van der Waals surface area contributed by atoms with Crippen molar-refractivity contribution in [2.75, 3.05) is 20.8 Å². The van der Waals surface area contributed by atoms with E-state index < -0.39 is 10.0 Å². The lowest BCUT2D eigenvalue weighted by atomic mass is 9.87. The fraction of sp³-hybridized carbons (Fsp3) is 0.444. The van der Waals surface area contributed by atoms with Gasteiger partial charge in [0.15, 0.2) is 11.5 Å². The van der Waals surface area contributed by atoms with Crippen LogP contribution < -0.4 is 9.47 Å². The summed E-state index contributed by atoms with van der Waals surface area (Å²) in [7, 11) is -0.305. The van der Waals surface area contributed by atoms with Gasteiger partial charge in [0.05, 0.1) is 20.3 Å². The Balaban J connectivity index is 2.11. The van der Waals surface area contributed by atoms with E-state index in [1.54, 1.807) is 36.0 Å². The van der Waals surface area contributed by atoms with Crippen molar-refractivity contribution in [3.63, 3.8) is 0 Å². The molecule has 0 fully saturated rings. The van der Waals surface area contributed by atoms with Gasteiger partial charge in [-0.3, -0.25) is 0 Å². The molecule has 1 unspecified atom stereocenters. The Hall–Kier alpha value is -1.57. The van der Waals surface area contributed by atoms with Gasteiger partial charge < -0.3 is 9.47 Å². The minimum atomic E-state index is -3.51. The molecule has 5 nitrogen and oxygen atoms in total. The predicted octanol–water partition coefficient (Wildman–Crippen LogP) is 3.71. The molecule has 1 atom stereocenters. The van der Waals surface area contributed by atoms with Gasteiger partial charge in [-0.15, -0.1) is 11.3 Å². The van der Waals surface area contributed by atoms with Crippen LogP contribution in [0.15, 0.2) is 33.9 Å². The highest BCUT2D eigenvalue weighted by Crippen LogP contribution is 2.43. The van der Waals surface area contributed by atoms with Crippen LogP contribution in [0.1, 0.15) is 31.0 Å². The summed E-state index contributed by atoms with van der Waals surface area (Å²) in [4.78, 5) is 0. The first-order valence-electron chi connectivity index (χ1n) is 8.20.